The second-order valence-electron chi connectivity index (χ2n) is 0.600. The van der Waals surface area contributed by atoms with Crippen LogP contribution in [0, 0.1) is 0 Å². The summed E-state index contributed by atoms with van der Waals surface area (Å²) in [6, 6.07) is 0. The minimum absolute atomic E-state index is 0. The van der Waals surface area contributed by atoms with Crippen LogP contribution in [0.1, 0.15) is 0 Å². The smallest absolute Gasteiger partial charge is 0.412 e. The average Bonchev–Trinajstić information content (AvgIpc) is 0.722. The first kappa shape index (κ1) is 15.7. The SMILES string of the molecule is O.O[Si](O)(O)O.[Y]. The summed E-state index contributed by atoms with van der Waals surface area (Å²) < 4.78 is 0. The zero-order valence-electron chi connectivity index (χ0n) is 3.37. The largest absolute Gasteiger partial charge is 0.668 e. The minimum atomic E-state index is -4.61. The van der Waals surface area contributed by atoms with Crippen molar-refractivity contribution in [1.29, 1.82) is 0 Å². The van der Waals surface area contributed by atoms with Gasteiger partial charge in [-0.1, -0.05) is 0 Å². The minimum Gasteiger partial charge on any atom is -0.412 e. The monoisotopic (exact) mass is 203 g/mol. The molecule has 0 spiro atoms. The van der Waals surface area contributed by atoms with Gasteiger partial charge in [-0.2, -0.15) is 0 Å². The van der Waals surface area contributed by atoms with Gasteiger partial charge >= 0.3 is 9.05 Å². The molecule has 43 valence electrons. The van der Waals surface area contributed by atoms with Crippen molar-refractivity contribution in [2.24, 2.45) is 0 Å². The van der Waals surface area contributed by atoms with E-state index in [0.717, 1.165) is 0 Å². The third-order valence-corrected chi connectivity index (χ3v) is 0. The molecule has 0 bridgehead atoms. The molecule has 0 aliphatic rings. The molecule has 0 saturated carbocycles. The van der Waals surface area contributed by atoms with Crippen LogP contribution in [0.15, 0.2) is 0 Å². The second kappa shape index (κ2) is 5.26. The molecule has 7 heavy (non-hydrogen) atoms. The Morgan fingerprint density at radius 2 is 0.857 bits per heavy atom. The molecule has 1 radical (unpaired) electrons. The normalized spacial score (nSPS) is 8.57. The molecular weight excluding hydrogens is 197 g/mol. The van der Waals surface area contributed by atoms with Crippen LogP contribution in [0.2, 0.25) is 0 Å². The summed E-state index contributed by atoms with van der Waals surface area (Å²) in [5, 5.41) is 0. The molecule has 0 heterocycles. The Kier molecular flexibility index (Phi) is 11.8. The van der Waals surface area contributed by atoms with Crippen LogP contribution in [0.4, 0.5) is 0 Å². The van der Waals surface area contributed by atoms with Crippen molar-refractivity contribution >= 4 is 9.05 Å². The fourth-order valence-corrected chi connectivity index (χ4v) is 0. The summed E-state index contributed by atoms with van der Waals surface area (Å²) >= 11 is 0. The van der Waals surface area contributed by atoms with Crippen LogP contribution < -0.4 is 0 Å². The van der Waals surface area contributed by atoms with E-state index < -0.39 is 9.05 Å². The predicted molar refractivity (Wildman–Crippen MR) is 18.2 cm³/mol. The van der Waals surface area contributed by atoms with Crippen molar-refractivity contribution < 1.29 is 57.4 Å². The molecule has 0 unspecified atom stereocenters. The Balaban J connectivity index is -0.0000000800. The first-order valence-corrected chi connectivity index (χ1v) is 2.68. The van der Waals surface area contributed by atoms with E-state index in [-0.39, 0.29) is 38.2 Å². The van der Waals surface area contributed by atoms with Crippen molar-refractivity contribution in [3.05, 3.63) is 0 Å². The summed E-state index contributed by atoms with van der Waals surface area (Å²) in [7, 11) is -4.61. The third-order valence-electron chi connectivity index (χ3n) is 0. The first-order chi connectivity index (χ1) is 2.00. The van der Waals surface area contributed by atoms with Gasteiger partial charge in [0.1, 0.15) is 0 Å². The molecule has 0 fully saturated rings. The molecule has 6 N–H and O–H groups in total. The summed E-state index contributed by atoms with van der Waals surface area (Å²) in [6.07, 6.45) is 0. The Morgan fingerprint density at radius 1 is 0.857 bits per heavy atom. The van der Waals surface area contributed by atoms with E-state index in [4.69, 9.17) is 19.2 Å². The Morgan fingerprint density at radius 3 is 0.857 bits per heavy atom. The predicted octanol–water partition coefficient (Wildman–Crippen LogP) is -3.44. The van der Waals surface area contributed by atoms with Crippen molar-refractivity contribution in [2.75, 3.05) is 0 Å². The molecule has 0 atom stereocenters. The van der Waals surface area contributed by atoms with Gasteiger partial charge in [-0.3, -0.25) is 0 Å². The standard InChI is InChI=1S/H4O4Si.H2O.Y/c1-5(2,3)4;;/h1-4H;1H2;. The number of hydrogen-bond donors (Lipinski definition) is 4. The van der Waals surface area contributed by atoms with Gasteiger partial charge in [0.25, 0.3) is 0 Å². The quantitative estimate of drug-likeness (QED) is 0.307. The van der Waals surface area contributed by atoms with E-state index in [1.54, 1.807) is 0 Å². The maximum atomic E-state index is 7.33. The van der Waals surface area contributed by atoms with Gasteiger partial charge in [-0.25, -0.2) is 0 Å². The molecule has 0 aliphatic carbocycles. The Labute approximate surface area is 66.3 Å². The molecule has 0 aromatic heterocycles. The first-order valence-electron chi connectivity index (χ1n) is 0.894. The van der Waals surface area contributed by atoms with E-state index in [1.807, 2.05) is 0 Å². The van der Waals surface area contributed by atoms with Gasteiger partial charge in [-0.15, -0.1) is 0 Å². The van der Waals surface area contributed by atoms with Crippen molar-refractivity contribution in [3.63, 3.8) is 0 Å². The topological polar surface area (TPSA) is 112 Å². The summed E-state index contributed by atoms with van der Waals surface area (Å²) in [6.45, 7) is 0. The van der Waals surface area contributed by atoms with Crippen LogP contribution in [0.25, 0.3) is 0 Å². The second-order valence-corrected chi connectivity index (χ2v) is 1.80. The van der Waals surface area contributed by atoms with Gasteiger partial charge in [0.15, 0.2) is 0 Å². The zero-order chi connectivity index (χ0) is 4.50. The van der Waals surface area contributed by atoms with Crippen molar-refractivity contribution in [2.45, 2.75) is 0 Å². The van der Waals surface area contributed by atoms with Gasteiger partial charge < -0.3 is 24.7 Å². The average molecular weight is 203 g/mol. The number of hydrogen-bond acceptors (Lipinski definition) is 4. The Bertz CT molecular complexity index is 23.6. The summed E-state index contributed by atoms with van der Waals surface area (Å²) in [4.78, 5) is 29.3. The van der Waals surface area contributed by atoms with Crippen LogP contribution in [-0.2, 0) is 32.7 Å². The molecule has 5 nitrogen and oxygen atoms in total. The molecule has 0 aromatic rings. The van der Waals surface area contributed by atoms with E-state index in [2.05, 4.69) is 0 Å². The van der Waals surface area contributed by atoms with Crippen LogP contribution in [0.5, 0.6) is 0 Å². The summed E-state index contributed by atoms with van der Waals surface area (Å²) in [5.74, 6) is 0. The van der Waals surface area contributed by atoms with Crippen molar-refractivity contribution in [3.8, 4) is 0 Å². The van der Waals surface area contributed by atoms with E-state index >= 15 is 0 Å². The third kappa shape index (κ3) is 149. The molecule has 0 aromatic carbocycles. The van der Waals surface area contributed by atoms with Crippen LogP contribution in [-0.4, -0.2) is 33.7 Å². The molecular formula is H6O5SiY. The Hall–Kier alpha value is 1.12. The molecule has 0 aliphatic heterocycles. The van der Waals surface area contributed by atoms with E-state index in [1.165, 1.54) is 0 Å². The fraction of sp³-hybridized carbons (Fsp3) is 0. The maximum absolute atomic E-state index is 7.33. The van der Waals surface area contributed by atoms with Crippen LogP contribution in [0.3, 0.4) is 0 Å². The summed E-state index contributed by atoms with van der Waals surface area (Å²) in [5.41, 5.74) is 0. The van der Waals surface area contributed by atoms with E-state index in [0.29, 0.717) is 0 Å². The van der Waals surface area contributed by atoms with Crippen LogP contribution >= 0.6 is 0 Å². The van der Waals surface area contributed by atoms with Gasteiger partial charge in [0.2, 0.25) is 0 Å². The maximum Gasteiger partial charge on any atom is 0.668 e. The molecule has 0 saturated heterocycles. The molecule has 7 heteroatoms. The fourth-order valence-electron chi connectivity index (χ4n) is 0. The van der Waals surface area contributed by atoms with Gasteiger partial charge in [0.05, 0.1) is 0 Å². The van der Waals surface area contributed by atoms with Crippen molar-refractivity contribution in [1.82, 2.24) is 0 Å². The number of rotatable bonds is 0. The molecule has 0 amide bonds. The molecule has 0 rings (SSSR count). The zero-order valence-corrected chi connectivity index (χ0v) is 7.20. The van der Waals surface area contributed by atoms with Gasteiger partial charge in [-0.05, 0) is 0 Å². The van der Waals surface area contributed by atoms with Gasteiger partial charge in [0, 0.05) is 32.7 Å². The van der Waals surface area contributed by atoms with E-state index in [9.17, 15) is 0 Å².